The maximum atomic E-state index is 10.7. The van der Waals surface area contributed by atoms with E-state index in [1.165, 1.54) is 32.8 Å². The first-order chi connectivity index (χ1) is 7.52. The molecule has 0 amide bonds. The number of hydrogen-bond acceptors (Lipinski definition) is 4. The largest absolute Gasteiger partial charge is 1.00 e. The van der Waals surface area contributed by atoms with Crippen molar-refractivity contribution in [3.63, 3.8) is 0 Å². The van der Waals surface area contributed by atoms with Crippen LogP contribution in [-0.4, -0.2) is 25.5 Å². The zero-order valence-corrected chi connectivity index (χ0v) is 15.2. The Labute approximate surface area is 148 Å². The Hall–Kier alpha value is 1.51. The van der Waals surface area contributed by atoms with E-state index in [9.17, 15) is 13.0 Å². The predicted octanol–water partition coefficient (Wildman–Crippen LogP) is -0.351. The normalized spacial score (nSPS) is 13.1. The van der Waals surface area contributed by atoms with Gasteiger partial charge in [0.15, 0.2) is 0 Å². The van der Waals surface area contributed by atoms with Crippen molar-refractivity contribution in [2.45, 2.75) is 63.7 Å². The van der Waals surface area contributed by atoms with E-state index >= 15 is 0 Å². The van der Waals surface area contributed by atoms with E-state index in [0.29, 0.717) is 6.42 Å². The van der Waals surface area contributed by atoms with E-state index in [1.807, 2.05) is 0 Å². The smallest absolute Gasteiger partial charge is 0.746 e. The maximum absolute atomic E-state index is 10.7. The number of methoxy groups -OCH3 is 1. The number of rotatable bonds is 10. The van der Waals surface area contributed by atoms with E-state index < -0.39 is 15.6 Å². The molecule has 0 rings (SSSR count). The maximum Gasteiger partial charge on any atom is 1.00 e. The minimum Gasteiger partial charge on any atom is -0.746 e. The van der Waals surface area contributed by atoms with Crippen LogP contribution in [-0.2, 0) is 14.9 Å². The minimum atomic E-state index is -4.29. The van der Waals surface area contributed by atoms with Crippen LogP contribution < -0.4 is 51.4 Å². The molecule has 0 fully saturated rings. The third-order valence-electron chi connectivity index (χ3n) is 2.63. The van der Waals surface area contributed by atoms with Crippen molar-refractivity contribution in [1.29, 1.82) is 0 Å². The molecule has 0 unspecified atom stereocenters. The van der Waals surface area contributed by atoms with Gasteiger partial charge >= 0.3 is 51.4 Å². The number of hydrogen-bond donors (Lipinski definition) is 0. The van der Waals surface area contributed by atoms with Crippen LogP contribution in [0.1, 0.15) is 58.3 Å². The summed E-state index contributed by atoms with van der Waals surface area (Å²) in [4.78, 5) is 0. The van der Waals surface area contributed by atoms with Gasteiger partial charge in [0.2, 0.25) is 0 Å². The van der Waals surface area contributed by atoms with Crippen molar-refractivity contribution >= 4 is 10.1 Å². The van der Waals surface area contributed by atoms with Gasteiger partial charge in [0, 0.05) is 7.11 Å². The predicted molar refractivity (Wildman–Crippen MR) is 63.1 cm³/mol. The molecule has 0 heterocycles. The quantitative estimate of drug-likeness (QED) is 0.313. The Bertz CT molecular complexity index is 254. The second-order valence-electron chi connectivity index (χ2n) is 4.07. The molecule has 0 bridgehead atoms. The molecule has 0 saturated carbocycles. The van der Waals surface area contributed by atoms with Crippen LogP contribution in [0.4, 0.5) is 0 Å². The van der Waals surface area contributed by atoms with Gasteiger partial charge in [0.25, 0.3) is 0 Å². The standard InChI is InChI=1S/C11H24O4S.K/c1-3-4-5-6-7-8-9-10-11(15-2)16(12,13)14;/h11H,3-10H2,1-2H3,(H,12,13,14);/q;+1/p-1/t11-;/m1./s1. The molecule has 0 aromatic carbocycles. The van der Waals surface area contributed by atoms with Gasteiger partial charge in [-0.15, -0.1) is 0 Å². The molecule has 1 atom stereocenters. The van der Waals surface area contributed by atoms with Crippen molar-refractivity contribution in [2.75, 3.05) is 7.11 Å². The summed E-state index contributed by atoms with van der Waals surface area (Å²) < 4.78 is 36.7. The van der Waals surface area contributed by atoms with Gasteiger partial charge in [-0.3, -0.25) is 0 Å². The van der Waals surface area contributed by atoms with E-state index in [2.05, 4.69) is 11.7 Å². The van der Waals surface area contributed by atoms with Gasteiger partial charge in [-0.2, -0.15) is 0 Å². The van der Waals surface area contributed by atoms with Gasteiger partial charge < -0.3 is 9.29 Å². The van der Waals surface area contributed by atoms with Crippen molar-refractivity contribution < 1.29 is 69.1 Å². The van der Waals surface area contributed by atoms with E-state index in [4.69, 9.17) is 0 Å². The molecule has 0 aliphatic rings. The topological polar surface area (TPSA) is 66.4 Å². The average molecular weight is 290 g/mol. The third kappa shape index (κ3) is 12.3. The Morgan fingerprint density at radius 3 is 1.94 bits per heavy atom. The number of ether oxygens (including phenoxy) is 1. The summed E-state index contributed by atoms with van der Waals surface area (Å²) in [6.07, 6.45) is 8.05. The second-order valence-corrected chi connectivity index (χ2v) is 5.58. The van der Waals surface area contributed by atoms with Gasteiger partial charge in [-0.1, -0.05) is 45.4 Å². The van der Waals surface area contributed by atoms with Gasteiger partial charge in [-0.05, 0) is 12.8 Å². The van der Waals surface area contributed by atoms with Crippen LogP contribution in [0.15, 0.2) is 0 Å². The molecular formula is C11H23KO4S. The third-order valence-corrected chi connectivity index (χ3v) is 3.70. The van der Waals surface area contributed by atoms with Crippen LogP contribution in [0.3, 0.4) is 0 Å². The first-order valence-electron chi connectivity index (χ1n) is 6.00. The molecular weight excluding hydrogens is 267 g/mol. The van der Waals surface area contributed by atoms with E-state index in [1.54, 1.807) is 0 Å². The summed E-state index contributed by atoms with van der Waals surface area (Å²) in [6, 6.07) is 0. The SMILES string of the molecule is CCCCCCCCC[C@H](OC)S(=O)(=O)[O-].[K+]. The molecule has 4 nitrogen and oxygen atoms in total. The molecule has 0 N–H and O–H groups in total. The summed E-state index contributed by atoms with van der Waals surface area (Å²) >= 11 is 0. The summed E-state index contributed by atoms with van der Waals surface area (Å²) in [6.45, 7) is 2.17. The monoisotopic (exact) mass is 290 g/mol. The summed E-state index contributed by atoms with van der Waals surface area (Å²) in [5, 5.41) is 0. The van der Waals surface area contributed by atoms with Gasteiger partial charge in [0.1, 0.15) is 15.6 Å². The van der Waals surface area contributed by atoms with Crippen LogP contribution in [0.25, 0.3) is 0 Å². The van der Waals surface area contributed by atoms with Crippen LogP contribution in [0.5, 0.6) is 0 Å². The van der Waals surface area contributed by atoms with Gasteiger partial charge in [0.05, 0.1) is 0 Å². The second kappa shape index (κ2) is 12.5. The zero-order valence-electron chi connectivity index (χ0n) is 11.3. The molecule has 17 heavy (non-hydrogen) atoms. The first-order valence-corrected chi connectivity index (χ1v) is 7.47. The molecule has 0 aromatic heterocycles. The van der Waals surface area contributed by atoms with Crippen LogP contribution >= 0.6 is 0 Å². The molecule has 0 aliphatic heterocycles. The molecule has 98 valence electrons. The minimum absolute atomic E-state index is 0. The molecule has 0 aliphatic carbocycles. The van der Waals surface area contributed by atoms with Gasteiger partial charge in [-0.25, -0.2) is 8.42 Å². The van der Waals surface area contributed by atoms with E-state index in [-0.39, 0.29) is 51.4 Å². The average Bonchev–Trinajstić information content (AvgIpc) is 2.20. The van der Waals surface area contributed by atoms with E-state index in [0.717, 1.165) is 19.3 Å². The van der Waals surface area contributed by atoms with Crippen LogP contribution in [0.2, 0.25) is 0 Å². The molecule has 0 spiro atoms. The molecule has 0 radical (unpaired) electrons. The fourth-order valence-corrected chi connectivity index (χ4v) is 2.34. The summed E-state index contributed by atoms with van der Waals surface area (Å²) in [5.41, 5.74) is -1.16. The Morgan fingerprint density at radius 1 is 1.06 bits per heavy atom. The molecule has 0 aromatic rings. The molecule has 0 saturated heterocycles. The summed E-state index contributed by atoms with van der Waals surface area (Å²) in [7, 11) is -3.02. The number of unbranched alkanes of at least 4 members (excludes halogenated alkanes) is 6. The zero-order chi connectivity index (χ0) is 12.4. The first kappa shape index (κ1) is 20.8. The molecule has 6 heteroatoms. The van der Waals surface area contributed by atoms with Crippen molar-refractivity contribution in [3.05, 3.63) is 0 Å². The van der Waals surface area contributed by atoms with Crippen molar-refractivity contribution in [3.8, 4) is 0 Å². The Morgan fingerprint density at radius 2 is 1.53 bits per heavy atom. The van der Waals surface area contributed by atoms with Crippen molar-refractivity contribution in [1.82, 2.24) is 0 Å². The Balaban J connectivity index is 0. The van der Waals surface area contributed by atoms with Crippen molar-refractivity contribution in [2.24, 2.45) is 0 Å². The fourth-order valence-electron chi connectivity index (χ4n) is 1.65. The van der Waals surface area contributed by atoms with Crippen LogP contribution in [0, 0.1) is 0 Å². The fraction of sp³-hybridized carbons (Fsp3) is 1.00. The Kier molecular flexibility index (Phi) is 15.3. The summed E-state index contributed by atoms with van der Waals surface area (Å²) in [5.74, 6) is 0.